The van der Waals surface area contributed by atoms with Crippen molar-refractivity contribution >= 4 is 29.9 Å². The third-order valence-corrected chi connectivity index (χ3v) is 5.85. The number of methoxy groups -OCH3 is 2. The molecule has 0 bridgehead atoms. The van der Waals surface area contributed by atoms with Gasteiger partial charge in [0.15, 0.2) is 0 Å². The molecule has 0 spiro atoms. The van der Waals surface area contributed by atoms with Crippen LogP contribution in [0.2, 0.25) is 0 Å². The van der Waals surface area contributed by atoms with Gasteiger partial charge in [-0.25, -0.2) is 0 Å². The van der Waals surface area contributed by atoms with Crippen LogP contribution in [0.15, 0.2) is 18.2 Å². The van der Waals surface area contributed by atoms with Crippen LogP contribution in [0.5, 0.6) is 11.5 Å². The molecule has 1 N–H and O–H groups in total. The summed E-state index contributed by atoms with van der Waals surface area (Å²) in [4.78, 5) is 29.1. The van der Waals surface area contributed by atoms with E-state index in [9.17, 15) is 9.59 Å². The maximum atomic E-state index is 12.9. The van der Waals surface area contributed by atoms with Crippen molar-refractivity contribution < 1.29 is 19.1 Å². The second kappa shape index (κ2) is 7.94. The molecular formula is C19H26ClN3O4. The topological polar surface area (TPSA) is 71.1 Å². The standard InChI is InChI=1S/C19H25N3O4.ClH/c1-25-15-3-4-16(17(6-15)26-2)22-11-12(5-18(22)23)19(24)21-9-13-7-20-8-14(13)10-21;/h3-4,6,12-14,20H,5,7-11H2,1-2H3;1H/t12?,13-,14+;. The van der Waals surface area contributed by atoms with Crippen LogP contribution >= 0.6 is 12.4 Å². The van der Waals surface area contributed by atoms with E-state index < -0.39 is 0 Å². The molecule has 3 saturated heterocycles. The van der Waals surface area contributed by atoms with Gasteiger partial charge in [-0.15, -0.1) is 12.4 Å². The summed E-state index contributed by atoms with van der Waals surface area (Å²) in [6.07, 6.45) is 0.262. The van der Waals surface area contributed by atoms with Gasteiger partial charge in [-0.1, -0.05) is 0 Å². The van der Waals surface area contributed by atoms with E-state index in [1.54, 1.807) is 31.3 Å². The molecular weight excluding hydrogens is 370 g/mol. The number of fused-ring (bicyclic) bond motifs is 1. The molecule has 0 radical (unpaired) electrons. The highest BCUT2D eigenvalue weighted by atomic mass is 35.5. The Bertz CT molecular complexity index is 717. The summed E-state index contributed by atoms with van der Waals surface area (Å²) < 4.78 is 10.6. The first-order valence-corrected chi connectivity index (χ1v) is 9.12. The number of benzene rings is 1. The van der Waals surface area contributed by atoms with Crippen LogP contribution in [-0.2, 0) is 9.59 Å². The first-order chi connectivity index (χ1) is 12.6. The normalized spacial score (nSPS) is 26.7. The second-order valence-corrected chi connectivity index (χ2v) is 7.36. The van der Waals surface area contributed by atoms with Crippen LogP contribution < -0.4 is 19.7 Å². The average molecular weight is 396 g/mol. The third kappa shape index (κ3) is 3.58. The summed E-state index contributed by atoms with van der Waals surface area (Å²) in [5, 5.41) is 3.39. The van der Waals surface area contributed by atoms with Crippen LogP contribution in [0.4, 0.5) is 5.69 Å². The number of amides is 2. The maximum Gasteiger partial charge on any atom is 0.228 e. The van der Waals surface area contributed by atoms with Crippen molar-refractivity contribution in [1.82, 2.24) is 10.2 Å². The molecule has 0 aromatic heterocycles. The number of nitrogens with zero attached hydrogens (tertiary/aromatic N) is 2. The Balaban J connectivity index is 0.00000210. The van der Waals surface area contributed by atoms with Crippen molar-refractivity contribution in [3.05, 3.63) is 18.2 Å². The van der Waals surface area contributed by atoms with Gasteiger partial charge in [0, 0.05) is 45.2 Å². The van der Waals surface area contributed by atoms with Gasteiger partial charge in [-0.3, -0.25) is 9.59 Å². The summed E-state index contributed by atoms with van der Waals surface area (Å²) >= 11 is 0. The summed E-state index contributed by atoms with van der Waals surface area (Å²) in [6.45, 7) is 4.02. The van der Waals surface area contributed by atoms with Crippen molar-refractivity contribution in [2.24, 2.45) is 17.8 Å². The van der Waals surface area contributed by atoms with Crippen molar-refractivity contribution in [3.63, 3.8) is 0 Å². The van der Waals surface area contributed by atoms with Gasteiger partial charge >= 0.3 is 0 Å². The van der Waals surface area contributed by atoms with Crippen molar-refractivity contribution in [2.75, 3.05) is 51.8 Å². The van der Waals surface area contributed by atoms with Crippen molar-refractivity contribution in [2.45, 2.75) is 6.42 Å². The molecule has 0 saturated carbocycles. The first-order valence-electron chi connectivity index (χ1n) is 9.12. The number of hydrogen-bond donors (Lipinski definition) is 1. The molecule has 3 heterocycles. The zero-order valence-electron chi connectivity index (χ0n) is 15.6. The fourth-order valence-corrected chi connectivity index (χ4v) is 4.41. The zero-order chi connectivity index (χ0) is 18.3. The Morgan fingerprint density at radius 1 is 1.11 bits per heavy atom. The lowest BCUT2D eigenvalue weighted by Gasteiger charge is -2.23. The lowest BCUT2D eigenvalue weighted by Crippen LogP contribution is -2.37. The molecule has 27 heavy (non-hydrogen) atoms. The van der Waals surface area contributed by atoms with Gasteiger partial charge in [-0.05, 0) is 24.0 Å². The molecule has 3 aliphatic rings. The van der Waals surface area contributed by atoms with E-state index in [1.165, 1.54) is 0 Å². The van der Waals surface area contributed by atoms with Crippen molar-refractivity contribution in [1.29, 1.82) is 0 Å². The van der Waals surface area contributed by atoms with E-state index in [4.69, 9.17) is 9.47 Å². The molecule has 8 heteroatoms. The number of carbonyl (C=O) groups excluding carboxylic acids is 2. The smallest absolute Gasteiger partial charge is 0.228 e. The Labute approximate surface area is 165 Å². The molecule has 4 rings (SSSR count). The summed E-state index contributed by atoms with van der Waals surface area (Å²) in [6, 6.07) is 5.37. The van der Waals surface area contributed by atoms with E-state index in [1.807, 2.05) is 11.0 Å². The molecule has 3 atom stereocenters. The van der Waals surface area contributed by atoms with Gasteiger partial charge < -0.3 is 24.6 Å². The average Bonchev–Trinajstić information content (AvgIpc) is 3.35. The Kier molecular flexibility index (Phi) is 5.81. The summed E-state index contributed by atoms with van der Waals surface area (Å²) in [5.41, 5.74) is 0.691. The van der Waals surface area contributed by atoms with Gasteiger partial charge in [0.1, 0.15) is 11.5 Å². The minimum atomic E-state index is -0.277. The number of carbonyl (C=O) groups is 2. The van der Waals surface area contributed by atoms with E-state index >= 15 is 0 Å². The van der Waals surface area contributed by atoms with E-state index in [0.717, 1.165) is 26.2 Å². The minimum Gasteiger partial charge on any atom is -0.497 e. The van der Waals surface area contributed by atoms with E-state index in [-0.39, 0.29) is 36.6 Å². The van der Waals surface area contributed by atoms with Crippen LogP contribution in [0.3, 0.4) is 0 Å². The lowest BCUT2D eigenvalue weighted by molar-refractivity contribution is -0.135. The molecule has 0 aliphatic carbocycles. The second-order valence-electron chi connectivity index (χ2n) is 7.36. The highest BCUT2D eigenvalue weighted by molar-refractivity contribution is 6.01. The Hall–Kier alpha value is -1.99. The lowest BCUT2D eigenvalue weighted by atomic mass is 10.0. The fraction of sp³-hybridized carbons (Fsp3) is 0.579. The molecule has 3 aliphatic heterocycles. The molecule has 1 aromatic rings. The number of nitrogens with one attached hydrogen (secondary N) is 1. The number of hydrogen-bond acceptors (Lipinski definition) is 5. The largest absolute Gasteiger partial charge is 0.497 e. The van der Waals surface area contributed by atoms with Gasteiger partial charge in [0.05, 0.1) is 25.8 Å². The number of halogens is 1. The van der Waals surface area contributed by atoms with Crippen molar-refractivity contribution in [3.8, 4) is 11.5 Å². The number of likely N-dealkylation sites (tertiary alicyclic amines) is 1. The van der Waals surface area contributed by atoms with E-state index in [2.05, 4.69) is 5.32 Å². The number of rotatable bonds is 4. The monoisotopic (exact) mass is 395 g/mol. The molecule has 7 nitrogen and oxygen atoms in total. The van der Waals surface area contributed by atoms with Crippen LogP contribution in [0, 0.1) is 17.8 Å². The Morgan fingerprint density at radius 3 is 2.44 bits per heavy atom. The van der Waals surface area contributed by atoms with Crippen LogP contribution in [0.1, 0.15) is 6.42 Å². The number of ether oxygens (including phenoxy) is 2. The number of anilines is 1. The molecule has 1 unspecified atom stereocenters. The highest BCUT2D eigenvalue weighted by Crippen LogP contribution is 2.37. The first kappa shape index (κ1) is 19.8. The summed E-state index contributed by atoms with van der Waals surface area (Å²) in [7, 11) is 3.16. The summed E-state index contributed by atoms with van der Waals surface area (Å²) in [5.74, 6) is 2.18. The van der Waals surface area contributed by atoms with Gasteiger partial charge in [0.2, 0.25) is 11.8 Å². The van der Waals surface area contributed by atoms with Gasteiger partial charge in [-0.2, -0.15) is 0 Å². The van der Waals surface area contributed by atoms with Crippen LogP contribution in [0.25, 0.3) is 0 Å². The SMILES string of the molecule is COc1ccc(N2CC(C(=O)N3C[C@H]4CNC[C@H]4C3)CC2=O)c(OC)c1.Cl. The molecule has 3 fully saturated rings. The fourth-order valence-electron chi connectivity index (χ4n) is 4.41. The zero-order valence-corrected chi connectivity index (χ0v) is 16.5. The van der Waals surface area contributed by atoms with E-state index in [0.29, 0.717) is 35.6 Å². The minimum absolute atomic E-state index is 0. The molecule has 1 aromatic carbocycles. The maximum absolute atomic E-state index is 12.9. The predicted molar refractivity (Wildman–Crippen MR) is 104 cm³/mol. The highest BCUT2D eigenvalue weighted by Gasteiger charge is 2.43. The Morgan fingerprint density at radius 2 is 1.81 bits per heavy atom. The third-order valence-electron chi connectivity index (χ3n) is 5.85. The molecule has 2 amide bonds. The molecule has 148 valence electrons. The quantitative estimate of drug-likeness (QED) is 0.828. The van der Waals surface area contributed by atoms with Gasteiger partial charge in [0.25, 0.3) is 0 Å². The predicted octanol–water partition coefficient (Wildman–Crippen LogP) is 1.16. The van der Waals surface area contributed by atoms with Crippen LogP contribution in [-0.4, -0.2) is 63.7 Å².